The molecule has 1 amide bonds. The Morgan fingerprint density at radius 1 is 0.943 bits per heavy atom. The van der Waals surface area contributed by atoms with Crippen LogP contribution in [-0.2, 0) is 0 Å². The zero-order chi connectivity index (χ0) is 24.9. The van der Waals surface area contributed by atoms with Crippen LogP contribution in [0, 0.1) is 10.1 Å². The lowest BCUT2D eigenvalue weighted by Crippen LogP contribution is -2.52. The van der Waals surface area contributed by atoms with E-state index in [0.717, 1.165) is 44.7 Å². The van der Waals surface area contributed by atoms with Crippen molar-refractivity contribution in [3.05, 3.63) is 63.7 Å². The van der Waals surface area contributed by atoms with Crippen LogP contribution >= 0.6 is 12.2 Å². The minimum atomic E-state index is -0.289. The molecule has 35 heavy (non-hydrogen) atoms. The van der Waals surface area contributed by atoms with Gasteiger partial charge < -0.3 is 14.7 Å². The number of nitro groups is 1. The molecule has 0 radical (unpaired) electrons. The summed E-state index contributed by atoms with van der Waals surface area (Å²) in [5, 5.41) is 14.9. The van der Waals surface area contributed by atoms with E-state index in [1.54, 1.807) is 6.07 Å². The molecule has 186 valence electrons. The molecule has 2 aliphatic heterocycles. The second-order valence-corrected chi connectivity index (χ2v) is 9.87. The van der Waals surface area contributed by atoms with Crippen molar-refractivity contribution in [1.82, 2.24) is 10.2 Å². The highest BCUT2D eigenvalue weighted by Crippen LogP contribution is 2.34. The number of benzene rings is 2. The summed E-state index contributed by atoms with van der Waals surface area (Å²) in [5.41, 5.74) is 3.64. The van der Waals surface area contributed by atoms with Gasteiger partial charge >= 0.3 is 0 Å². The molecule has 1 N–H and O–H groups in total. The maximum Gasteiger partial charge on any atom is 0.292 e. The SMILES string of the molecule is CC(C)c1ccc(C(=O)NC(=S)N2CCN(c3ccc([N+](=O)[O-])c(N4CCCCC4)c3)CC2)cc1. The lowest BCUT2D eigenvalue weighted by Gasteiger charge is -2.37. The molecule has 8 nitrogen and oxygen atoms in total. The Kier molecular flexibility index (Phi) is 7.85. The Morgan fingerprint density at radius 3 is 2.20 bits per heavy atom. The van der Waals surface area contributed by atoms with Crippen molar-refractivity contribution < 1.29 is 9.72 Å². The maximum absolute atomic E-state index is 12.6. The highest BCUT2D eigenvalue weighted by molar-refractivity contribution is 7.80. The van der Waals surface area contributed by atoms with Gasteiger partial charge in [-0.05, 0) is 67.2 Å². The van der Waals surface area contributed by atoms with Gasteiger partial charge in [0.05, 0.1) is 4.92 Å². The second kappa shape index (κ2) is 11.0. The number of carbonyl (C=O) groups is 1. The molecule has 2 fully saturated rings. The topological polar surface area (TPSA) is 82.0 Å². The predicted octanol–water partition coefficient (Wildman–Crippen LogP) is 4.55. The van der Waals surface area contributed by atoms with Crippen LogP contribution in [-0.4, -0.2) is 60.1 Å². The number of amides is 1. The van der Waals surface area contributed by atoms with E-state index in [2.05, 4.69) is 29.0 Å². The third kappa shape index (κ3) is 5.90. The maximum atomic E-state index is 12.6. The molecule has 2 heterocycles. The number of piperazine rings is 1. The summed E-state index contributed by atoms with van der Waals surface area (Å²) in [6, 6.07) is 13.0. The molecule has 0 atom stereocenters. The van der Waals surface area contributed by atoms with Crippen molar-refractivity contribution in [2.24, 2.45) is 0 Å². The number of piperidine rings is 1. The van der Waals surface area contributed by atoms with E-state index in [9.17, 15) is 14.9 Å². The van der Waals surface area contributed by atoms with Gasteiger partial charge in [0.2, 0.25) is 0 Å². The van der Waals surface area contributed by atoms with Crippen LogP contribution in [0.4, 0.5) is 17.1 Å². The number of nitrogens with zero attached hydrogens (tertiary/aromatic N) is 4. The molecule has 2 aromatic rings. The van der Waals surface area contributed by atoms with Crippen molar-refractivity contribution in [2.45, 2.75) is 39.0 Å². The van der Waals surface area contributed by atoms with E-state index >= 15 is 0 Å². The van der Waals surface area contributed by atoms with Gasteiger partial charge in [0.15, 0.2) is 5.11 Å². The summed E-state index contributed by atoms with van der Waals surface area (Å²) < 4.78 is 0. The molecule has 2 aliphatic rings. The molecule has 0 aliphatic carbocycles. The fourth-order valence-electron chi connectivity index (χ4n) is 4.69. The van der Waals surface area contributed by atoms with Crippen LogP contribution in [0.2, 0.25) is 0 Å². The van der Waals surface area contributed by atoms with Crippen molar-refractivity contribution in [3.63, 3.8) is 0 Å². The van der Waals surface area contributed by atoms with E-state index in [1.807, 2.05) is 41.3 Å². The van der Waals surface area contributed by atoms with E-state index in [1.165, 1.54) is 12.0 Å². The summed E-state index contributed by atoms with van der Waals surface area (Å²) in [5.74, 6) is 0.213. The first-order chi connectivity index (χ1) is 16.8. The lowest BCUT2D eigenvalue weighted by molar-refractivity contribution is -0.384. The fourth-order valence-corrected chi connectivity index (χ4v) is 4.96. The minimum Gasteiger partial charge on any atom is -0.368 e. The Bertz CT molecular complexity index is 1070. The summed E-state index contributed by atoms with van der Waals surface area (Å²) in [6.07, 6.45) is 3.29. The zero-order valence-electron chi connectivity index (χ0n) is 20.4. The van der Waals surface area contributed by atoms with Crippen LogP contribution in [0.25, 0.3) is 0 Å². The highest BCUT2D eigenvalue weighted by atomic mass is 32.1. The Labute approximate surface area is 212 Å². The predicted molar refractivity (Wildman–Crippen MR) is 144 cm³/mol. The van der Waals surface area contributed by atoms with E-state index < -0.39 is 0 Å². The highest BCUT2D eigenvalue weighted by Gasteiger charge is 2.25. The molecule has 0 saturated carbocycles. The molecule has 0 aromatic heterocycles. The van der Waals surface area contributed by atoms with Gasteiger partial charge in [0.1, 0.15) is 5.69 Å². The first-order valence-electron chi connectivity index (χ1n) is 12.3. The number of hydrogen-bond donors (Lipinski definition) is 1. The van der Waals surface area contributed by atoms with Gasteiger partial charge in [-0.1, -0.05) is 26.0 Å². The number of hydrogen-bond acceptors (Lipinski definition) is 6. The summed E-state index contributed by atoms with van der Waals surface area (Å²) in [6.45, 7) is 8.72. The Balaban J connectivity index is 1.37. The summed E-state index contributed by atoms with van der Waals surface area (Å²) in [4.78, 5) is 30.3. The summed E-state index contributed by atoms with van der Waals surface area (Å²) in [7, 11) is 0. The van der Waals surface area contributed by atoms with E-state index in [0.29, 0.717) is 35.4 Å². The standard InChI is InChI=1S/C26H33N5O3S/c1-19(2)20-6-8-21(9-7-20)25(32)27-26(35)30-16-14-28(15-17-30)22-10-11-23(31(33)34)24(18-22)29-12-4-3-5-13-29/h6-11,18-19H,3-5,12-17H2,1-2H3,(H,27,32,35). The normalized spacial score (nSPS) is 16.4. The van der Waals surface area contributed by atoms with Crippen LogP contribution in [0.1, 0.15) is 54.9 Å². The number of nitro benzene ring substituents is 1. The number of nitrogens with one attached hydrogen (secondary N) is 1. The molecular formula is C26H33N5O3S. The van der Waals surface area contributed by atoms with Gasteiger partial charge in [-0.3, -0.25) is 20.2 Å². The first-order valence-corrected chi connectivity index (χ1v) is 12.7. The monoisotopic (exact) mass is 495 g/mol. The Morgan fingerprint density at radius 2 is 1.60 bits per heavy atom. The minimum absolute atomic E-state index is 0.166. The quantitative estimate of drug-likeness (QED) is 0.370. The van der Waals surface area contributed by atoms with Gasteiger partial charge in [0, 0.05) is 56.6 Å². The van der Waals surface area contributed by atoms with Crippen LogP contribution < -0.4 is 15.1 Å². The van der Waals surface area contributed by atoms with Gasteiger partial charge in [-0.2, -0.15) is 0 Å². The third-order valence-corrected chi connectivity index (χ3v) is 7.20. The van der Waals surface area contributed by atoms with Crippen molar-refractivity contribution in [2.75, 3.05) is 49.1 Å². The van der Waals surface area contributed by atoms with Gasteiger partial charge in [-0.25, -0.2) is 0 Å². The van der Waals surface area contributed by atoms with Crippen LogP contribution in [0.5, 0.6) is 0 Å². The molecule has 2 saturated heterocycles. The molecule has 0 spiro atoms. The first kappa shape index (κ1) is 24.9. The number of rotatable bonds is 5. The average molecular weight is 496 g/mol. The molecule has 0 bridgehead atoms. The van der Waals surface area contributed by atoms with Crippen molar-refractivity contribution in [1.29, 1.82) is 0 Å². The number of anilines is 2. The van der Waals surface area contributed by atoms with E-state index in [4.69, 9.17) is 12.2 Å². The number of thiocarbonyl (C=S) groups is 1. The third-order valence-electron chi connectivity index (χ3n) is 6.84. The zero-order valence-corrected chi connectivity index (χ0v) is 21.2. The fraction of sp³-hybridized carbons (Fsp3) is 0.462. The van der Waals surface area contributed by atoms with Crippen LogP contribution in [0.15, 0.2) is 42.5 Å². The number of carbonyl (C=O) groups excluding carboxylic acids is 1. The van der Waals surface area contributed by atoms with Crippen molar-refractivity contribution in [3.8, 4) is 0 Å². The largest absolute Gasteiger partial charge is 0.368 e. The molecule has 2 aromatic carbocycles. The van der Waals surface area contributed by atoms with Crippen LogP contribution in [0.3, 0.4) is 0 Å². The summed E-state index contributed by atoms with van der Waals surface area (Å²) >= 11 is 5.52. The smallest absolute Gasteiger partial charge is 0.292 e. The lowest BCUT2D eigenvalue weighted by atomic mass is 10.0. The van der Waals surface area contributed by atoms with Crippen molar-refractivity contribution >= 4 is 40.3 Å². The molecule has 0 unspecified atom stereocenters. The van der Waals surface area contributed by atoms with Gasteiger partial charge in [0.25, 0.3) is 11.6 Å². The van der Waals surface area contributed by atoms with Gasteiger partial charge in [-0.15, -0.1) is 0 Å². The average Bonchev–Trinajstić information content (AvgIpc) is 2.89. The molecule has 9 heteroatoms. The molecular weight excluding hydrogens is 462 g/mol. The molecule has 4 rings (SSSR count). The Hall–Kier alpha value is -3.20. The second-order valence-electron chi connectivity index (χ2n) is 9.49. The van der Waals surface area contributed by atoms with E-state index in [-0.39, 0.29) is 16.5 Å².